The van der Waals surface area contributed by atoms with Gasteiger partial charge in [-0.1, -0.05) is 0 Å². The number of hydrogen-bond acceptors (Lipinski definition) is 4. The van der Waals surface area contributed by atoms with Crippen molar-refractivity contribution in [1.29, 1.82) is 0 Å². The van der Waals surface area contributed by atoms with E-state index < -0.39 is 10.0 Å². The van der Waals surface area contributed by atoms with Gasteiger partial charge in [-0.3, -0.25) is 4.79 Å². The quantitative estimate of drug-likeness (QED) is 0.875. The van der Waals surface area contributed by atoms with Crippen molar-refractivity contribution in [3.8, 4) is 5.75 Å². The number of nitrogens with zero attached hydrogens (tertiary/aromatic N) is 1. The SMILES string of the molecule is COc1ccc(S(=O)(=O)N2CCC[C@@H](C(=O)NC3CC3)C2)cc1C. The molecule has 3 rings (SSSR count). The van der Waals surface area contributed by atoms with Crippen LogP contribution in [0.4, 0.5) is 0 Å². The maximum Gasteiger partial charge on any atom is 0.243 e. The number of carbonyl (C=O) groups excluding carboxylic acids is 1. The van der Waals surface area contributed by atoms with E-state index in [2.05, 4.69) is 5.32 Å². The fraction of sp³-hybridized carbons (Fsp3) is 0.588. The highest BCUT2D eigenvalue weighted by atomic mass is 32.2. The molecule has 1 atom stereocenters. The van der Waals surface area contributed by atoms with Crippen molar-refractivity contribution in [2.24, 2.45) is 5.92 Å². The lowest BCUT2D eigenvalue weighted by molar-refractivity contribution is -0.126. The van der Waals surface area contributed by atoms with Gasteiger partial charge in [-0.25, -0.2) is 8.42 Å². The van der Waals surface area contributed by atoms with Gasteiger partial charge >= 0.3 is 0 Å². The van der Waals surface area contributed by atoms with Crippen molar-refractivity contribution in [3.05, 3.63) is 23.8 Å². The number of methoxy groups -OCH3 is 1. The second-order valence-corrected chi connectivity index (χ2v) is 8.55. The topological polar surface area (TPSA) is 75.7 Å². The average Bonchev–Trinajstić information content (AvgIpc) is 3.38. The zero-order valence-corrected chi connectivity index (χ0v) is 14.9. The molecule has 0 unspecified atom stereocenters. The Balaban J connectivity index is 1.75. The summed E-state index contributed by atoms with van der Waals surface area (Å²) in [5, 5.41) is 2.98. The Morgan fingerprint density at radius 1 is 1.29 bits per heavy atom. The number of ether oxygens (including phenoxy) is 1. The first-order valence-corrected chi connectivity index (χ1v) is 9.81. The molecule has 1 amide bonds. The van der Waals surface area contributed by atoms with Crippen LogP contribution < -0.4 is 10.1 Å². The Morgan fingerprint density at radius 2 is 2.04 bits per heavy atom. The van der Waals surface area contributed by atoms with Crippen LogP contribution in [0.3, 0.4) is 0 Å². The van der Waals surface area contributed by atoms with Crippen molar-refractivity contribution < 1.29 is 17.9 Å². The van der Waals surface area contributed by atoms with E-state index in [1.165, 1.54) is 4.31 Å². The van der Waals surface area contributed by atoms with E-state index in [1.807, 2.05) is 6.92 Å². The summed E-state index contributed by atoms with van der Waals surface area (Å²) in [6.07, 6.45) is 3.51. The second-order valence-electron chi connectivity index (χ2n) is 6.62. The molecule has 1 saturated heterocycles. The molecular formula is C17H24N2O4S. The van der Waals surface area contributed by atoms with E-state index in [4.69, 9.17) is 4.74 Å². The van der Waals surface area contributed by atoms with Crippen LogP contribution in [-0.4, -0.2) is 44.9 Å². The van der Waals surface area contributed by atoms with Gasteiger partial charge in [0.1, 0.15) is 5.75 Å². The van der Waals surface area contributed by atoms with Crippen LogP contribution in [0.25, 0.3) is 0 Å². The number of aryl methyl sites for hydroxylation is 1. The molecule has 1 N–H and O–H groups in total. The maximum atomic E-state index is 12.9. The first-order chi connectivity index (χ1) is 11.4. The van der Waals surface area contributed by atoms with Gasteiger partial charge < -0.3 is 10.1 Å². The molecular weight excluding hydrogens is 328 g/mol. The summed E-state index contributed by atoms with van der Waals surface area (Å²) in [4.78, 5) is 12.5. The lowest BCUT2D eigenvalue weighted by Crippen LogP contribution is -2.45. The van der Waals surface area contributed by atoms with E-state index in [0.29, 0.717) is 24.8 Å². The summed E-state index contributed by atoms with van der Waals surface area (Å²) in [7, 11) is -2.03. The predicted octanol–water partition coefficient (Wildman–Crippen LogP) is 1.68. The Bertz CT molecular complexity index is 728. The number of benzene rings is 1. The molecule has 0 radical (unpaired) electrons. The number of amides is 1. The van der Waals surface area contributed by atoms with E-state index in [0.717, 1.165) is 24.8 Å². The predicted molar refractivity (Wildman–Crippen MR) is 90.4 cm³/mol. The number of piperidine rings is 1. The lowest BCUT2D eigenvalue weighted by atomic mass is 9.99. The van der Waals surface area contributed by atoms with Crippen LogP contribution in [0.1, 0.15) is 31.2 Å². The molecule has 2 aliphatic rings. The average molecular weight is 352 g/mol. The molecule has 132 valence electrons. The summed E-state index contributed by atoms with van der Waals surface area (Å²) in [6.45, 7) is 2.53. The lowest BCUT2D eigenvalue weighted by Gasteiger charge is -2.31. The van der Waals surface area contributed by atoms with Crippen LogP contribution in [0.5, 0.6) is 5.75 Å². The number of sulfonamides is 1. The molecule has 6 nitrogen and oxygen atoms in total. The van der Waals surface area contributed by atoms with Gasteiger partial charge in [0.25, 0.3) is 0 Å². The van der Waals surface area contributed by atoms with Crippen LogP contribution in [0.2, 0.25) is 0 Å². The Morgan fingerprint density at radius 3 is 2.67 bits per heavy atom. The Labute approximate surface area is 143 Å². The second kappa shape index (κ2) is 6.72. The minimum atomic E-state index is -3.59. The molecule has 24 heavy (non-hydrogen) atoms. The van der Waals surface area contributed by atoms with Gasteiger partial charge in [0, 0.05) is 19.1 Å². The summed E-state index contributed by atoms with van der Waals surface area (Å²) in [5.41, 5.74) is 0.776. The normalized spacial score (nSPS) is 22.2. The van der Waals surface area contributed by atoms with Gasteiger partial charge in [-0.05, 0) is 56.4 Å². The Hall–Kier alpha value is -1.60. The third-order valence-corrected chi connectivity index (χ3v) is 6.54. The van der Waals surface area contributed by atoms with Gasteiger partial charge in [-0.15, -0.1) is 0 Å². The molecule has 0 spiro atoms. The molecule has 1 aromatic rings. The molecule has 2 fully saturated rings. The third kappa shape index (κ3) is 3.57. The van der Waals surface area contributed by atoms with Gasteiger partial charge in [0.2, 0.25) is 15.9 Å². The van der Waals surface area contributed by atoms with Crippen LogP contribution in [0.15, 0.2) is 23.1 Å². The molecule has 1 saturated carbocycles. The largest absolute Gasteiger partial charge is 0.496 e. The zero-order chi connectivity index (χ0) is 17.3. The van der Waals surface area contributed by atoms with Crippen molar-refractivity contribution in [2.75, 3.05) is 20.2 Å². The highest BCUT2D eigenvalue weighted by molar-refractivity contribution is 7.89. The van der Waals surface area contributed by atoms with E-state index >= 15 is 0 Å². The van der Waals surface area contributed by atoms with E-state index in [1.54, 1.807) is 25.3 Å². The summed E-state index contributed by atoms with van der Waals surface area (Å²) in [5.74, 6) is 0.395. The fourth-order valence-corrected chi connectivity index (χ4v) is 4.69. The zero-order valence-electron chi connectivity index (χ0n) is 14.1. The van der Waals surface area contributed by atoms with Gasteiger partial charge in [0.15, 0.2) is 0 Å². The molecule has 1 aromatic carbocycles. The first kappa shape index (κ1) is 17.2. The molecule has 1 aliphatic carbocycles. The smallest absolute Gasteiger partial charge is 0.243 e. The molecule has 0 bridgehead atoms. The van der Waals surface area contributed by atoms with Gasteiger partial charge in [-0.2, -0.15) is 4.31 Å². The van der Waals surface area contributed by atoms with Crippen molar-refractivity contribution in [3.63, 3.8) is 0 Å². The van der Waals surface area contributed by atoms with Gasteiger partial charge in [0.05, 0.1) is 17.9 Å². The first-order valence-electron chi connectivity index (χ1n) is 8.37. The number of carbonyl (C=O) groups is 1. The number of nitrogens with one attached hydrogen (secondary N) is 1. The monoisotopic (exact) mass is 352 g/mol. The molecule has 1 heterocycles. The van der Waals surface area contributed by atoms with Crippen molar-refractivity contribution in [2.45, 2.75) is 43.5 Å². The third-order valence-electron chi connectivity index (χ3n) is 4.68. The van der Waals surface area contributed by atoms with Crippen LogP contribution >= 0.6 is 0 Å². The van der Waals surface area contributed by atoms with E-state index in [-0.39, 0.29) is 23.3 Å². The molecule has 0 aromatic heterocycles. The maximum absolute atomic E-state index is 12.9. The minimum absolute atomic E-state index is 0.0108. The highest BCUT2D eigenvalue weighted by Gasteiger charge is 2.35. The van der Waals surface area contributed by atoms with E-state index in [9.17, 15) is 13.2 Å². The minimum Gasteiger partial charge on any atom is -0.496 e. The molecule has 1 aliphatic heterocycles. The van der Waals surface area contributed by atoms with Crippen LogP contribution in [-0.2, 0) is 14.8 Å². The van der Waals surface area contributed by atoms with Crippen LogP contribution in [0, 0.1) is 12.8 Å². The number of hydrogen-bond donors (Lipinski definition) is 1. The summed E-state index contributed by atoms with van der Waals surface area (Å²) in [6, 6.07) is 5.16. The van der Waals surface area contributed by atoms with Crippen molar-refractivity contribution in [1.82, 2.24) is 9.62 Å². The number of rotatable bonds is 5. The summed E-state index contributed by atoms with van der Waals surface area (Å²) < 4.78 is 32.4. The highest BCUT2D eigenvalue weighted by Crippen LogP contribution is 2.28. The van der Waals surface area contributed by atoms with Crippen molar-refractivity contribution >= 4 is 15.9 Å². The fourth-order valence-electron chi connectivity index (χ4n) is 3.08. The summed E-state index contributed by atoms with van der Waals surface area (Å²) >= 11 is 0. The molecule has 7 heteroatoms. The standard InChI is InChI=1S/C17H24N2O4S/c1-12-10-15(7-8-16(12)23-2)24(21,22)19-9-3-4-13(11-19)17(20)18-14-5-6-14/h7-8,10,13-14H,3-6,9,11H2,1-2H3,(H,18,20)/t13-/m1/s1. The Kier molecular flexibility index (Phi) is 4.83.